The second-order valence-electron chi connectivity index (χ2n) is 4.70. The highest BCUT2D eigenvalue weighted by molar-refractivity contribution is 5.78. The van der Waals surface area contributed by atoms with E-state index >= 15 is 0 Å². The Bertz CT molecular complexity index is 424. The molecule has 2 heteroatoms. The van der Waals surface area contributed by atoms with Gasteiger partial charge in [0.25, 0.3) is 0 Å². The zero-order valence-electron chi connectivity index (χ0n) is 9.48. The summed E-state index contributed by atoms with van der Waals surface area (Å²) in [5.74, 6) is 1.15. The first-order valence-corrected chi connectivity index (χ1v) is 6.07. The van der Waals surface area contributed by atoms with Crippen molar-refractivity contribution < 1.29 is 9.53 Å². The van der Waals surface area contributed by atoms with Crippen LogP contribution in [0.15, 0.2) is 24.3 Å². The summed E-state index contributed by atoms with van der Waals surface area (Å²) in [5.41, 5.74) is 2.81. The van der Waals surface area contributed by atoms with E-state index in [1.165, 1.54) is 11.1 Å². The maximum atomic E-state index is 11.8. The Kier molecular flexibility index (Phi) is 2.23. The van der Waals surface area contributed by atoms with Crippen LogP contribution >= 0.6 is 0 Å². The van der Waals surface area contributed by atoms with Crippen LogP contribution in [0.3, 0.4) is 0 Å². The van der Waals surface area contributed by atoms with Gasteiger partial charge >= 0.3 is 5.97 Å². The van der Waals surface area contributed by atoms with Gasteiger partial charge in [0.2, 0.25) is 0 Å². The number of hydrogen-bond donors (Lipinski definition) is 0. The van der Waals surface area contributed by atoms with Crippen molar-refractivity contribution in [2.75, 3.05) is 6.61 Å². The first-order valence-electron chi connectivity index (χ1n) is 6.07. The number of rotatable bonds is 2. The number of carbonyl (C=O) groups excluding carboxylic acids is 1. The molecule has 2 nitrogen and oxygen atoms in total. The highest BCUT2D eigenvalue weighted by Crippen LogP contribution is 2.60. The van der Waals surface area contributed by atoms with Crippen molar-refractivity contribution in [3.63, 3.8) is 0 Å². The van der Waals surface area contributed by atoms with Crippen LogP contribution < -0.4 is 0 Å². The Labute approximate surface area is 95.6 Å². The first-order chi connectivity index (χ1) is 7.83. The van der Waals surface area contributed by atoms with Crippen LogP contribution in [-0.2, 0) is 16.0 Å². The Morgan fingerprint density at radius 3 is 3.06 bits per heavy atom. The Hall–Kier alpha value is -1.31. The lowest BCUT2D eigenvalue weighted by Crippen LogP contribution is -2.08. The summed E-state index contributed by atoms with van der Waals surface area (Å²) in [4.78, 5) is 11.8. The molecule has 1 aromatic carbocycles. The molecule has 0 aliphatic heterocycles. The van der Waals surface area contributed by atoms with Gasteiger partial charge in [-0.15, -0.1) is 0 Å². The molecule has 0 amide bonds. The molecular formula is C14H16O2. The van der Waals surface area contributed by atoms with Crippen LogP contribution in [-0.4, -0.2) is 12.6 Å². The number of hydrogen-bond acceptors (Lipinski definition) is 2. The molecule has 1 saturated carbocycles. The predicted octanol–water partition coefficient (Wildman–Crippen LogP) is 2.53. The number of esters is 1. The third kappa shape index (κ3) is 1.36. The molecule has 3 rings (SSSR count). The summed E-state index contributed by atoms with van der Waals surface area (Å²) in [6, 6.07) is 8.51. The largest absolute Gasteiger partial charge is 0.466 e. The average molecular weight is 216 g/mol. The average Bonchev–Trinajstić information content (AvgIpc) is 3.04. The second kappa shape index (κ2) is 3.62. The molecule has 0 N–H and O–H groups in total. The van der Waals surface area contributed by atoms with Gasteiger partial charge in [-0.2, -0.15) is 0 Å². The summed E-state index contributed by atoms with van der Waals surface area (Å²) in [6.07, 6.45) is 2.26. The van der Waals surface area contributed by atoms with E-state index in [1.54, 1.807) is 0 Å². The van der Waals surface area contributed by atoms with Gasteiger partial charge in [-0.1, -0.05) is 24.3 Å². The fraction of sp³-hybridized carbons (Fsp3) is 0.500. The summed E-state index contributed by atoms with van der Waals surface area (Å²) in [6.45, 7) is 2.37. The lowest BCUT2D eigenvalue weighted by atomic mass is 9.92. The van der Waals surface area contributed by atoms with Crippen molar-refractivity contribution in [1.82, 2.24) is 0 Å². The van der Waals surface area contributed by atoms with Crippen molar-refractivity contribution in [2.45, 2.75) is 25.7 Å². The van der Waals surface area contributed by atoms with Crippen LogP contribution in [0, 0.1) is 11.8 Å². The molecule has 0 bridgehead atoms. The highest BCUT2D eigenvalue weighted by Gasteiger charge is 2.57. The maximum Gasteiger partial charge on any atom is 0.309 e. The Morgan fingerprint density at radius 2 is 2.25 bits per heavy atom. The van der Waals surface area contributed by atoms with Crippen LogP contribution in [0.5, 0.6) is 0 Å². The van der Waals surface area contributed by atoms with Crippen LogP contribution in [0.25, 0.3) is 0 Å². The van der Waals surface area contributed by atoms with Gasteiger partial charge in [0.15, 0.2) is 0 Å². The van der Waals surface area contributed by atoms with Crippen molar-refractivity contribution in [3.05, 3.63) is 35.4 Å². The van der Waals surface area contributed by atoms with E-state index in [-0.39, 0.29) is 11.9 Å². The quantitative estimate of drug-likeness (QED) is 0.710. The minimum atomic E-state index is 0.00852. The number of ether oxygens (including phenoxy) is 1. The lowest BCUT2D eigenvalue weighted by molar-refractivity contribution is -0.145. The fourth-order valence-corrected chi connectivity index (χ4v) is 3.13. The van der Waals surface area contributed by atoms with Crippen LogP contribution in [0.1, 0.15) is 30.4 Å². The van der Waals surface area contributed by atoms with E-state index in [4.69, 9.17) is 4.74 Å². The van der Waals surface area contributed by atoms with Crippen LogP contribution in [0.2, 0.25) is 0 Å². The van der Waals surface area contributed by atoms with Gasteiger partial charge in [-0.3, -0.25) is 4.79 Å². The highest BCUT2D eigenvalue weighted by atomic mass is 16.5. The minimum Gasteiger partial charge on any atom is -0.466 e. The molecule has 0 spiro atoms. The van der Waals surface area contributed by atoms with Gasteiger partial charge < -0.3 is 4.74 Å². The third-order valence-electron chi connectivity index (χ3n) is 3.89. The smallest absolute Gasteiger partial charge is 0.309 e. The standard InChI is InChI=1S/C14H16O2/c1-2-16-14(15)13-11-8-7-9-5-3-4-6-10(9)12(11)13/h3-6,11-13H,2,7-8H2,1H3/t11-,12+,13-/m0/s1. The first kappa shape index (κ1) is 9.88. The molecule has 0 saturated heterocycles. The third-order valence-corrected chi connectivity index (χ3v) is 3.89. The zero-order chi connectivity index (χ0) is 11.1. The summed E-state index contributed by atoms with van der Waals surface area (Å²) < 4.78 is 5.13. The zero-order valence-corrected chi connectivity index (χ0v) is 9.48. The van der Waals surface area contributed by atoms with E-state index in [9.17, 15) is 4.79 Å². The maximum absolute atomic E-state index is 11.8. The molecule has 3 atom stereocenters. The molecule has 1 fully saturated rings. The van der Waals surface area contributed by atoms with Crippen molar-refractivity contribution in [2.24, 2.45) is 11.8 Å². The SMILES string of the molecule is CCOC(=O)[C@H]1[C@H]2CCc3ccccc3[C@H]21. The lowest BCUT2D eigenvalue weighted by Gasteiger charge is -2.13. The molecular weight excluding hydrogens is 200 g/mol. The van der Waals surface area contributed by atoms with E-state index in [2.05, 4.69) is 24.3 Å². The number of benzene rings is 1. The fourth-order valence-electron chi connectivity index (χ4n) is 3.13. The molecule has 16 heavy (non-hydrogen) atoms. The number of fused-ring (bicyclic) bond motifs is 3. The van der Waals surface area contributed by atoms with Gasteiger partial charge in [-0.05, 0) is 36.8 Å². The number of aryl methyl sites for hydroxylation is 1. The van der Waals surface area contributed by atoms with Gasteiger partial charge in [0, 0.05) is 5.92 Å². The van der Waals surface area contributed by atoms with Crippen molar-refractivity contribution in [1.29, 1.82) is 0 Å². The van der Waals surface area contributed by atoms with E-state index in [1.807, 2.05) is 6.92 Å². The second-order valence-corrected chi connectivity index (χ2v) is 4.70. The monoisotopic (exact) mass is 216 g/mol. The van der Waals surface area contributed by atoms with Gasteiger partial charge in [0.05, 0.1) is 12.5 Å². The molecule has 0 aromatic heterocycles. The Balaban J connectivity index is 1.85. The minimum absolute atomic E-state index is 0.00852. The number of carbonyl (C=O) groups is 1. The molecule has 2 aliphatic rings. The van der Waals surface area contributed by atoms with Crippen molar-refractivity contribution in [3.8, 4) is 0 Å². The summed E-state index contributed by atoms with van der Waals surface area (Å²) >= 11 is 0. The van der Waals surface area contributed by atoms with Crippen molar-refractivity contribution >= 4 is 5.97 Å². The Morgan fingerprint density at radius 1 is 1.44 bits per heavy atom. The molecule has 84 valence electrons. The van der Waals surface area contributed by atoms with Gasteiger partial charge in [-0.25, -0.2) is 0 Å². The van der Waals surface area contributed by atoms with E-state index in [0.29, 0.717) is 18.4 Å². The molecule has 2 aliphatic carbocycles. The summed E-state index contributed by atoms with van der Waals surface area (Å²) in [7, 11) is 0. The summed E-state index contributed by atoms with van der Waals surface area (Å²) in [5, 5.41) is 0. The topological polar surface area (TPSA) is 26.3 Å². The van der Waals surface area contributed by atoms with E-state index in [0.717, 1.165) is 12.8 Å². The van der Waals surface area contributed by atoms with Gasteiger partial charge in [0.1, 0.15) is 0 Å². The molecule has 0 radical (unpaired) electrons. The van der Waals surface area contributed by atoms with Crippen LogP contribution in [0.4, 0.5) is 0 Å². The molecule has 0 heterocycles. The normalized spacial score (nSPS) is 30.2. The predicted molar refractivity (Wildman–Crippen MR) is 61.1 cm³/mol. The van der Waals surface area contributed by atoms with E-state index < -0.39 is 0 Å². The molecule has 1 aromatic rings. The molecule has 0 unspecified atom stereocenters.